The smallest absolute Gasteiger partial charge is 0.237 e. The molecule has 0 bridgehead atoms. The van der Waals surface area contributed by atoms with Crippen molar-refractivity contribution in [2.75, 3.05) is 31.1 Å². The molecular formula is C22H26ClN3O2. The highest BCUT2D eigenvalue weighted by atomic mass is 35.5. The first kappa shape index (κ1) is 20.2. The van der Waals surface area contributed by atoms with Crippen molar-refractivity contribution in [1.29, 1.82) is 0 Å². The predicted molar refractivity (Wildman–Crippen MR) is 112 cm³/mol. The molecule has 2 amide bonds. The van der Waals surface area contributed by atoms with Gasteiger partial charge in [-0.05, 0) is 37.6 Å². The van der Waals surface area contributed by atoms with E-state index in [9.17, 15) is 9.59 Å². The Labute approximate surface area is 171 Å². The minimum atomic E-state index is -1.10. The van der Waals surface area contributed by atoms with E-state index >= 15 is 0 Å². The summed E-state index contributed by atoms with van der Waals surface area (Å²) in [5, 5.41) is 3.59. The number of anilines is 1. The molecule has 0 unspecified atom stereocenters. The SMILES string of the molecule is CC(C)(C(=O)NCc1ccccc1)C(=O)N1CCN(c2cccc(Cl)c2)CC1. The van der Waals surface area contributed by atoms with Crippen LogP contribution in [0.4, 0.5) is 5.69 Å². The van der Waals surface area contributed by atoms with Crippen molar-refractivity contribution in [2.24, 2.45) is 5.41 Å². The second-order valence-electron chi connectivity index (χ2n) is 7.55. The van der Waals surface area contributed by atoms with Gasteiger partial charge in [0.1, 0.15) is 5.41 Å². The van der Waals surface area contributed by atoms with Gasteiger partial charge < -0.3 is 15.1 Å². The minimum Gasteiger partial charge on any atom is -0.368 e. The highest BCUT2D eigenvalue weighted by molar-refractivity contribution is 6.30. The maximum atomic E-state index is 13.0. The summed E-state index contributed by atoms with van der Waals surface area (Å²) in [4.78, 5) is 29.6. The number of carbonyl (C=O) groups excluding carboxylic acids is 2. The van der Waals surface area contributed by atoms with Crippen LogP contribution in [-0.2, 0) is 16.1 Å². The second-order valence-corrected chi connectivity index (χ2v) is 7.99. The number of benzene rings is 2. The quantitative estimate of drug-likeness (QED) is 0.784. The lowest BCUT2D eigenvalue weighted by atomic mass is 9.89. The average molecular weight is 400 g/mol. The molecule has 0 spiro atoms. The van der Waals surface area contributed by atoms with Crippen LogP contribution >= 0.6 is 11.6 Å². The Kier molecular flexibility index (Phi) is 6.25. The lowest BCUT2D eigenvalue weighted by molar-refractivity contribution is -0.148. The van der Waals surface area contributed by atoms with Gasteiger partial charge >= 0.3 is 0 Å². The topological polar surface area (TPSA) is 52.7 Å². The Morgan fingerprint density at radius 2 is 1.68 bits per heavy atom. The Morgan fingerprint density at radius 3 is 2.32 bits per heavy atom. The number of halogens is 1. The third kappa shape index (κ3) is 4.65. The van der Waals surface area contributed by atoms with Gasteiger partial charge in [0.05, 0.1) is 0 Å². The molecule has 5 nitrogen and oxygen atoms in total. The number of piperazine rings is 1. The van der Waals surface area contributed by atoms with Gasteiger partial charge in [-0.25, -0.2) is 0 Å². The van der Waals surface area contributed by atoms with Gasteiger partial charge in [0, 0.05) is 43.4 Å². The van der Waals surface area contributed by atoms with Crippen LogP contribution in [-0.4, -0.2) is 42.9 Å². The van der Waals surface area contributed by atoms with E-state index in [1.807, 2.05) is 54.6 Å². The maximum absolute atomic E-state index is 13.0. The highest BCUT2D eigenvalue weighted by Crippen LogP contribution is 2.24. The van der Waals surface area contributed by atoms with Crippen LogP contribution in [0.15, 0.2) is 54.6 Å². The molecule has 1 aliphatic heterocycles. The summed E-state index contributed by atoms with van der Waals surface area (Å²) in [5.74, 6) is -0.387. The summed E-state index contributed by atoms with van der Waals surface area (Å²) in [6.07, 6.45) is 0. The van der Waals surface area contributed by atoms with Gasteiger partial charge in [-0.15, -0.1) is 0 Å². The normalized spacial score (nSPS) is 14.7. The Bertz CT molecular complexity index is 831. The van der Waals surface area contributed by atoms with E-state index in [0.717, 1.165) is 11.3 Å². The van der Waals surface area contributed by atoms with E-state index in [1.165, 1.54) is 0 Å². The number of carbonyl (C=O) groups is 2. The summed E-state index contributed by atoms with van der Waals surface area (Å²) >= 11 is 6.08. The summed E-state index contributed by atoms with van der Waals surface area (Å²) in [7, 11) is 0. The number of hydrogen-bond acceptors (Lipinski definition) is 3. The third-order valence-corrected chi connectivity index (χ3v) is 5.37. The first-order valence-electron chi connectivity index (χ1n) is 9.50. The van der Waals surface area contributed by atoms with Gasteiger partial charge in [0.15, 0.2) is 0 Å². The molecule has 3 rings (SSSR count). The van der Waals surface area contributed by atoms with Crippen molar-refractivity contribution < 1.29 is 9.59 Å². The molecule has 0 aliphatic carbocycles. The molecule has 1 saturated heterocycles. The molecule has 0 atom stereocenters. The van der Waals surface area contributed by atoms with Crippen molar-refractivity contribution in [3.05, 3.63) is 65.2 Å². The Balaban J connectivity index is 1.56. The van der Waals surface area contributed by atoms with Crippen LogP contribution in [0.3, 0.4) is 0 Å². The fourth-order valence-electron chi connectivity index (χ4n) is 3.33. The fourth-order valence-corrected chi connectivity index (χ4v) is 3.52. The van der Waals surface area contributed by atoms with Crippen molar-refractivity contribution >= 4 is 29.1 Å². The predicted octanol–water partition coefficient (Wildman–Crippen LogP) is 3.33. The first-order valence-corrected chi connectivity index (χ1v) is 9.88. The zero-order valence-electron chi connectivity index (χ0n) is 16.3. The van der Waals surface area contributed by atoms with Crippen molar-refractivity contribution in [3.63, 3.8) is 0 Å². The standard InChI is InChI=1S/C22H26ClN3O2/c1-22(2,20(27)24-16-17-7-4-3-5-8-17)21(28)26-13-11-25(12-14-26)19-10-6-9-18(23)15-19/h3-10,15H,11-14,16H2,1-2H3,(H,24,27). The molecule has 6 heteroatoms. The zero-order valence-corrected chi connectivity index (χ0v) is 17.1. The summed E-state index contributed by atoms with van der Waals surface area (Å²) in [5.41, 5.74) is 0.959. The molecule has 1 aliphatic rings. The van der Waals surface area contributed by atoms with E-state index in [1.54, 1.807) is 18.7 Å². The molecule has 0 saturated carbocycles. The van der Waals surface area contributed by atoms with Crippen molar-refractivity contribution in [3.8, 4) is 0 Å². The number of nitrogens with zero attached hydrogens (tertiary/aromatic N) is 2. The maximum Gasteiger partial charge on any atom is 0.237 e. The molecule has 0 radical (unpaired) electrons. The summed E-state index contributed by atoms with van der Waals surface area (Å²) < 4.78 is 0. The van der Waals surface area contributed by atoms with E-state index < -0.39 is 5.41 Å². The van der Waals surface area contributed by atoms with Gasteiger partial charge in [-0.1, -0.05) is 48.0 Å². The second kappa shape index (κ2) is 8.65. The molecule has 0 aromatic heterocycles. The zero-order chi connectivity index (χ0) is 20.1. The first-order chi connectivity index (χ1) is 13.4. The average Bonchev–Trinajstić information content (AvgIpc) is 2.72. The molecule has 148 valence electrons. The highest BCUT2D eigenvalue weighted by Gasteiger charge is 2.39. The van der Waals surface area contributed by atoms with Crippen LogP contribution in [0.25, 0.3) is 0 Å². The molecule has 28 heavy (non-hydrogen) atoms. The third-order valence-electron chi connectivity index (χ3n) is 5.14. The molecule has 1 N–H and O–H groups in total. The van der Waals surface area contributed by atoms with Crippen LogP contribution in [0, 0.1) is 5.41 Å². The fraction of sp³-hybridized carbons (Fsp3) is 0.364. The van der Waals surface area contributed by atoms with Gasteiger partial charge in [-0.3, -0.25) is 9.59 Å². The molecular weight excluding hydrogens is 374 g/mol. The van der Waals surface area contributed by atoms with Gasteiger partial charge in [0.25, 0.3) is 0 Å². The summed E-state index contributed by atoms with van der Waals surface area (Å²) in [6, 6.07) is 17.4. The lowest BCUT2D eigenvalue weighted by Gasteiger charge is -2.39. The van der Waals surface area contributed by atoms with Crippen LogP contribution < -0.4 is 10.2 Å². The monoisotopic (exact) mass is 399 g/mol. The lowest BCUT2D eigenvalue weighted by Crippen LogP contribution is -2.55. The summed E-state index contributed by atoms with van der Waals surface area (Å²) in [6.45, 7) is 6.40. The van der Waals surface area contributed by atoms with Crippen molar-refractivity contribution in [2.45, 2.75) is 20.4 Å². The number of rotatable bonds is 5. The van der Waals surface area contributed by atoms with Crippen molar-refractivity contribution in [1.82, 2.24) is 10.2 Å². The van der Waals surface area contributed by atoms with Gasteiger partial charge in [-0.2, -0.15) is 0 Å². The van der Waals surface area contributed by atoms with Crippen LogP contribution in [0.5, 0.6) is 0 Å². The van der Waals surface area contributed by atoms with E-state index in [0.29, 0.717) is 37.7 Å². The van der Waals surface area contributed by atoms with E-state index in [2.05, 4.69) is 10.2 Å². The van der Waals surface area contributed by atoms with E-state index in [-0.39, 0.29) is 11.8 Å². The number of hydrogen-bond donors (Lipinski definition) is 1. The Morgan fingerprint density at radius 1 is 1.00 bits per heavy atom. The molecule has 2 aromatic carbocycles. The Hall–Kier alpha value is -2.53. The largest absolute Gasteiger partial charge is 0.368 e. The van der Waals surface area contributed by atoms with Crippen LogP contribution in [0.1, 0.15) is 19.4 Å². The van der Waals surface area contributed by atoms with Gasteiger partial charge in [0.2, 0.25) is 11.8 Å². The number of nitrogens with one attached hydrogen (secondary N) is 1. The minimum absolute atomic E-state index is 0.135. The molecule has 1 fully saturated rings. The number of amides is 2. The van der Waals surface area contributed by atoms with E-state index in [4.69, 9.17) is 11.6 Å². The molecule has 1 heterocycles. The van der Waals surface area contributed by atoms with Crippen LogP contribution in [0.2, 0.25) is 5.02 Å². The molecule has 2 aromatic rings.